The molecule has 1 fully saturated rings. The van der Waals surface area contributed by atoms with Crippen molar-refractivity contribution in [3.63, 3.8) is 0 Å². The number of nitriles is 1. The van der Waals surface area contributed by atoms with Gasteiger partial charge in [-0.15, -0.1) is 11.3 Å². The van der Waals surface area contributed by atoms with Gasteiger partial charge in [-0.2, -0.15) is 5.26 Å². The van der Waals surface area contributed by atoms with Gasteiger partial charge in [0, 0.05) is 5.56 Å². The number of rotatable bonds is 5. The molecule has 0 unspecified atom stereocenters. The molecular weight excluding hydrogens is 378 g/mol. The number of amides is 1. The minimum atomic E-state index is -0.709. The second kappa shape index (κ2) is 8.18. The van der Waals surface area contributed by atoms with Crippen molar-refractivity contribution in [3.8, 4) is 27.1 Å². The SMILES string of the molecule is Cc1ccc(-c2sc(-c3ccccc3)nc2CC(=O)NC2(C#N)CCCC2)cc1. The lowest BCUT2D eigenvalue weighted by Crippen LogP contribution is -2.45. The highest BCUT2D eigenvalue weighted by atomic mass is 32.1. The zero-order valence-electron chi connectivity index (χ0n) is 16.4. The Hall–Kier alpha value is -2.97. The lowest BCUT2D eigenvalue weighted by molar-refractivity contribution is -0.121. The van der Waals surface area contributed by atoms with Crippen LogP contribution in [0.15, 0.2) is 54.6 Å². The van der Waals surface area contributed by atoms with E-state index >= 15 is 0 Å². The molecule has 29 heavy (non-hydrogen) atoms. The van der Waals surface area contributed by atoms with Crippen LogP contribution in [0.5, 0.6) is 0 Å². The summed E-state index contributed by atoms with van der Waals surface area (Å²) in [6.45, 7) is 2.06. The largest absolute Gasteiger partial charge is 0.337 e. The van der Waals surface area contributed by atoms with E-state index in [0.29, 0.717) is 0 Å². The first kappa shape index (κ1) is 19.4. The first-order valence-corrected chi connectivity index (χ1v) is 10.7. The molecule has 4 nitrogen and oxygen atoms in total. The maximum atomic E-state index is 12.8. The fraction of sp³-hybridized carbons (Fsp3) is 0.292. The molecule has 1 saturated carbocycles. The van der Waals surface area contributed by atoms with Crippen molar-refractivity contribution in [1.29, 1.82) is 5.26 Å². The van der Waals surface area contributed by atoms with E-state index in [0.717, 1.165) is 52.4 Å². The molecule has 0 radical (unpaired) electrons. The highest BCUT2D eigenvalue weighted by Crippen LogP contribution is 2.36. The number of benzene rings is 2. The third-order valence-corrected chi connectivity index (χ3v) is 6.61. The Morgan fingerprint density at radius 1 is 1.10 bits per heavy atom. The Morgan fingerprint density at radius 3 is 2.45 bits per heavy atom. The van der Waals surface area contributed by atoms with Crippen LogP contribution < -0.4 is 5.32 Å². The number of aromatic nitrogens is 1. The van der Waals surface area contributed by atoms with E-state index in [2.05, 4.69) is 42.6 Å². The Labute approximate surface area is 175 Å². The molecule has 1 N–H and O–H groups in total. The summed E-state index contributed by atoms with van der Waals surface area (Å²) in [5.41, 5.74) is 3.36. The van der Waals surface area contributed by atoms with Crippen molar-refractivity contribution >= 4 is 17.2 Å². The Balaban J connectivity index is 1.65. The summed E-state index contributed by atoms with van der Waals surface area (Å²) in [5, 5.41) is 13.5. The summed E-state index contributed by atoms with van der Waals surface area (Å²) in [5.74, 6) is -0.133. The van der Waals surface area contributed by atoms with Crippen LogP contribution in [0.1, 0.15) is 36.9 Å². The Kier molecular flexibility index (Phi) is 5.46. The quantitative estimate of drug-likeness (QED) is 0.632. The van der Waals surface area contributed by atoms with E-state index in [-0.39, 0.29) is 12.3 Å². The standard InChI is InChI=1S/C24H23N3OS/c1-17-9-11-18(12-10-17)22-20(26-23(29-22)19-7-3-2-4-8-19)15-21(28)27-24(16-25)13-5-6-14-24/h2-4,7-12H,5-6,13-15H2,1H3,(H,27,28). The van der Waals surface area contributed by atoms with Crippen molar-refractivity contribution in [2.45, 2.75) is 44.6 Å². The smallest absolute Gasteiger partial charge is 0.227 e. The molecule has 146 valence electrons. The molecule has 1 aromatic heterocycles. The molecule has 4 rings (SSSR count). The molecule has 0 spiro atoms. The second-order valence-electron chi connectivity index (χ2n) is 7.65. The van der Waals surface area contributed by atoms with E-state index in [1.807, 2.05) is 30.3 Å². The number of carbonyl (C=O) groups excluding carboxylic acids is 1. The summed E-state index contributed by atoms with van der Waals surface area (Å²) in [6, 6.07) is 20.7. The molecule has 2 aromatic carbocycles. The first-order valence-electron chi connectivity index (χ1n) is 9.93. The zero-order valence-corrected chi connectivity index (χ0v) is 17.3. The maximum absolute atomic E-state index is 12.8. The average Bonchev–Trinajstić information content (AvgIpc) is 3.37. The molecule has 1 aliphatic carbocycles. The fourth-order valence-corrected chi connectivity index (χ4v) is 4.91. The van der Waals surface area contributed by atoms with E-state index in [9.17, 15) is 10.1 Å². The summed E-state index contributed by atoms with van der Waals surface area (Å²) in [4.78, 5) is 18.6. The van der Waals surface area contributed by atoms with Gasteiger partial charge in [-0.1, -0.05) is 60.2 Å². The molecule has 0 atom stereocenters. The van der Waals surface area contributed by atoms with Crippen LogP contribution in [0.2, 0.25) is 0 Å². The third-order valence-electron chi connectivity index (χ3n) is 5.41. The number of hydrogen-bond donors (Lipinski definition) is 1. The molecule has 5 heteroatoms. The third kappa shape index (κ3) is 4.23. The van der Waals surface area contributed by atoms with Crippen LogP contribution in [0, 0.1) is 18.3 Å². The van der Waals surface area contributed by atoms with Gasteiger partial charge >= 0.3 is 0 Å². The molecular formula is C24H23N3OS. The van der Waals surface area contributed by atoms with Crippen LogP contribution in [0.4, 0.5) is 0 Å². The molecule has 0 saturated heterocycles. The summed E-state index contributed by atoms with van der Waals surface area (Å²) < 4.78 is 0. The lowest BCUT2D eigenvalue weighted by Gasteiger charge is -2.21. The normalized spacial score (nSPS) is 15.0. The van der Waals surface area contributed by atoms with Crippen molar-refractivity contribution in [2.24, 2.45) is 0 Å². The molecule has 0 aliphatic heterocycles. The molecule has 1 aliphatic rings. The van der Waals surface area contributed by atoms with Gasteiger partial charge in [0.1, 0.15) is 10.5 Å². The van der Waals surface area contributed by atoms with Gasteiger partial charge in [0.05, 0.1) is 23.1 Å². The second-order valence-corrected chi connectivity index (χ2v) is 8.65. The number of nitrogens with zero attached hydrogens (tertiary/aromatic N) is 2. The minimum absolute atomic E-state index is 0.133. The van der Waals surface area contributed by atoms with Crippen LogP contribution in [0.25, 0.3) is 21.0 Å². The number of hydrogen-bond acceptors (Lipinski definition) is 4. The number of aryl methyl sites for hydroxylation is 1. The van der Waals surface area contributed by atoms with E-state index in [1.165, 1.54) is 5.56 Å². The predicted molar refractivity (Wildman–Crippen MR) is 116 cm³/mol. The van der Waals surface area contributed by atoms with Crippen molar-refractivity contribution in [2.75, 3.05) is 0 Å². The minimum Gasteiger partial charge on any atom is -0.337 e. The first-order chi connectivity index (χ1) is 14.1. The van der Waals surface area contributed by atoms with Crippen molar-refractivity contribution in [1.82, 2.24) is 10.3 Å². The molecule has 0 bridgehead atoms. The van der Waals surface area contributed by atoms with E-state index in [1.54, 1.807) is 11.3 Å². The van der Waals surface area contributed by atoms with Crippen LogP contribution in [-0.2, 0) is 11.2 Å². The van der Waals surface area contributed by atoms with E-state index in [4.69, 9.17) is 4.98 Å². The average molecular weight is 402 g/mol. The van der Waals surface area contributed by atoms with Crippen LogP contribution in [0.3, 0.4) is 0 Å². The molecule has 1 amide bonds. The highest BCUT2D eigenvalue weighted by Gasteiger charge is 2.35. The lowest BCUT2D eigenvalue weighted by atomic mass is 9.99. The highest BCUT2D eigenvalue weighted by molar-refractivity contribution is 7.18. The monoisotopic (exact) mass is 401 g/mol. The van der Waals surface area contributed by atoms with Crippen molar-refractivity contribution < 1.29 is 4.79 Å². The van der Waals surface area contributed by atoms with Crippen LogP contribution in [-0.4, -0.2) is 16.4 Å². The van der Waals surface area contributed by atoms with E-state index < -0.39 is 5.54 Å². The predicted octanol–water partition coefficient (Wildman–Crippen LogP) is 5.28. The Bertz CT molecular complexity index is 1040. The maximum Gasteiger partial charge on any atom is 0.227 e. The molecule has 1 heterocycles. The van der Waals surface area contributed by atoms with Crippen LogP contribution >= 0.6 is 11.3 Å². The molecule has 3 aromatic rings. The van der Waals surface area contributed by atoms with Gasteiger partial charge < -0.3 is 5.32 Å². The van der Waals surface area contributed by atoms with Gasteiger partial charge in [-0.3, -0.25) is 4.79 Å². The van der Waals surface area contributed by atoms with Gasteiger partial charge in [0.2, 0.25) is 5.91 Å². The number of thiazole rings is 1. The van der Waals surface area contributed by atoms with Gasteiger partial charge in [0.15, 0.2) is 0 Å². The Morgan fingerprint density at radius 2 is 1.79 bits per heavy atom. The van der Waals surface area contributed by atoms with Crippen molar-refractivity contribution in [3.05, 3.63) is 65.9 Å². The van der Waals surface area contributed by atoms with Gasteiger partial charge in [0.25, 0.3) is 0 Å². The number of nitrogens with one attached hydrogen (secondary N) is 1. The number of carbonyl (C=O) groups is 1. The zero-order chi connectivity index (χ0) is 20.3. The summed E-state index contributed by atoms with van der Waals surface area (Å²) in [6.07, 6.45) is 3.60. The van der Waals surface area contributed by atoms with Gasteiger partial charge in [-0.05, 0) is 38.2 Å². The fourth-order valence-electron chi connectivity index (χ4n) is 3.81. The van der Waals surface area contributed by atoms with Gasteiger partial charge in [-0.25, -0.2) is 4.98 Å². The summed E-state index contributed by atoms with van der Waals surface area (Å²) >= 11 is 1.61. The summed E-state index contributed by atoms with van der Waals surface area (Å²) in [7, 11) is 0. The topological polar surface area (TPSA) is 65.8 Å².